The molecule has 0 aromatic heterocycles. The lowest BCUT2D eigenvalue weighted by atomic mass is 10.1. The summed E-state index contributed by atoms with van der Waals surface area (Å²) in [5.41, 5.74) is 7.79. The molecule has 0 fully saturated rings. The summed E-state index contributed by atoms with van der Waals surface area (Å²) >= 11 is 0. The maximum Gasteiger partial charge on any atom is 0.307 e. The van der Waals surface area contributed by atoms with Crippen molar-refractivity contribution in [1.82, 2.24) is 10.6 Å². The zero-order valence-electron chi connectivity index (χ0n) is 23.0. The van der Waals surface area contributed by atoms with E-state index in [4.69, 9.17) is 15.2 Å². The van der Waals surface area contributed by atoms with Gasteiger partial charge in [0.25, 0.3) is 17.5 Å². The van der Waals surface area contributed by atoms with Crippen molar-refractivity contribution in [2.24, 2.45) is 0 Å². The number of nitrogen functional groups attached to an aromatic ring is 1. The minimum atomic E-state index is -0.568. The van der Waals surface area contributed by atoms with Crippen LogP contribution in [0.4, 0.5) is 22.7 Å². The normalized spacial score (nSPS) is 9.56. The molecule has 14 nitrogen and oxygen atoms in total. The summed E-state index contributed by atoms with van der Waals surface area (Å²) in [4.78, 5) is 56.2. The third-order valence-electron chi connectivity index (χ3n) is 5.15. The summed E-state index contributed by atoms with van der Waals surface area (Å²) in [5.74, 6) is -1.48. The number of ether oxygens (including phenoxy) is 2. The van der Waals surface area contributed by atoms with Gasteiger partial charge in [-0.3, -0.25) is 29.3 Å². The lowest BCUT2D eigenvalue weighted by Crippen LogP contribution is -2.26. The molecular formula is C27H40N6O8. The predicted molar refractivity (Wildman–Crippen MR) is 157 cm³/mol. The number of nitrogens with zero attached hydrogens (tertiary/aromatic N) is 1. The Hall–Kier alpha value is -4.88. The standard InChI is InChI=1S/C13H17N3O5.C13H19N3O3.CH4/c1-3-21-12(17)6-7-15-13(18)9-4-5-10(14-2)11(8-9)16(19)20;1-3-19-12(17)6-7-16-13(18)9-4-5-11(15-2)10(14)8-9;/h4-5,8,14H,3,6-7H2,1-2H3,(H,15,18);4-5,8,15H,3,6-7,14H2,1-2H3,(H,16,18);1H4. The molecule has 2 aromatic carbocycles. The van der Waals surface area contributed by atoms with Gasteiger partial charge in [0.2, 0.25) is 0 Å². The monoisotopic (exact) mass is 576 g/mol. The Balaban J connectivity index is 0.000000765. The molecule has 0 aliphatic carbocycles. The lowest BCUT2D eigenvalue weighted by Gasteiger charge is -2.08. The van der Waals surface area contributed by atoms with Crippen molar-refractivity contribution in [3.8, 4) is 0 Å². The van der Waals surface area contributed by atoms with Crippen LogP contribution in [-0.2, 0) is 19.1 Å². The topological polar surface area (TPSA) is 204 Å². The third-order valence-corrected chi connectivity index (χ3v) is 5.15. The number of carbonyl (C=O) groups is 4. The van der Waals surface area contributed by atoms with Crippen LogP contribution in [0.2, 0.25) is 0 Å². The Kier molecular flexibility index (Phi) is 16.9. The van der Waals surface area contributed by atoms with Gasteiger partial charge >= 0.3 is 11.9 Å². The molecule has 41 heavy (non-hydrogen) atoms. The smallest absolute Gasteiger partial charge is 0.307 e. The first-order valence-electron chi connectivity index (χ1n) is 12.5. The second kappa shape index (κ2) is 19.2. The highest BCUT2D eigenvalue weighted by molar-refractivity contribution is 5.96. The van der Waals surface area contributed by atoms with Crippen LogP contribution in [0, 0.1) is 10.1 Å². The fourth-order valence-electron chi connectivity index (χ4n) is 3.19. The first-order chi connectivity index (χ1) is 19.1. The second-order valence-electron chi connectivity index (χ2n) is 7.91. The molecule has 6 N–H and O–H groups in total. The molecule has 0 bridgehead atoms. The van der Waals surface area contributed by atoms with Crippen molar-refractivity contribution < 1.29 is 33.6 Å². The van der Waals surface area contributed by atoms with Gasteiger partial charge in [-0.1, -0.05) is 7.43 Å². The fraction of sp³-hybridized carbons (Fsp3) is 0.407. The van der Waals surface area contributed by atoms with E-state index in [-0.39, 0.29) is 63.1 Å². The molecular weight excluding hydrogens is 536 g/mol. The number of amides is 2. The number of nitro benzene ring substituents is 1. The first-order valence-corrected chi connectivity index (χ1v) is 12.5. The van der Waals surface area contributed by atoms with Crippen LogP contribution < -0.4 is 27.0 Å². The summed E-state index contributed by atoms with van der Waals surface area (Å²) in [6.45, 7) is 4.41. The lowest BCUT2D eigenvalue weighted by molar-refractivity contribution is -0.384. The molecule has 0 unspecified atom stereocenters. The molecule has 0 aliphatic heterocycles. The number of nitrogens with one attached hydrogen (secondary N) is 4. The van der Waals surface area contributed by atoms with Gasteiger partial charge in [0.05, 0.1) is 42.4 Å². The van der Waals surface area contributed by atoms with Crippen molar-refractivity contribution in [2.45, 2.75) is 34.1 Å². The van der Waals surface area contributed by atoms with Crippen LogP contribution in [-0.4, -0.2) is 69.1 Å². The summed E-state index contributed by atoms with van der Waals surface area (Å²) in [6, 6.07) is 9.10. The molecule has 14 heteroatoms. The van der Waals surface area contributed by atoms with E-state index >= 15 is 0 Å². The molecule has 0 aliphatic rings. The number of esters is 2. The van der Waals surface area contributed by atoms with Crippen molar-refractivity contribution in [2.75, 3.05) is 56.8 Å². The number of benzene rings is 2. The highest BCUT2D eigenvalue weighted by atomic mass is 16.6. The maximum atomic E-state index is 11.9. The third kappa shape index (κ3) is 12.7. The van der Waals surface area contributed by atoms with Crippen molar-refractivity contribution >= 4 is 46.5 Å². The number of rotatable bonds is 13. The molecule has 0 saturated carbocycles. The van der Waals surface area contributed by atoms with Gasteiger partial charge in [-0.25, -0.2) is 0 Å². The molecule has 0 radical (unpaired) electrons. The number of nitrogens with two attached hydrogens (primary N) is 1. The number of nitro groups is 1. The van der Waals surface area contributed by atoms with Crippen molar-refractivity contribution in [3.05, 3.63) is 57.6 Å². The summed E-state index contributed by atoms with van der Waals surface area (Å²) < 4.78 is 9.48. The maximum absolute atomic E-state index is 11.9. The summed E-state index contributed by atoms with van der Waals surface area (Å²) in [6.07, 6.45) is 0.208. The van der Waals surface area contributed by atoms with Crippen LogP contribution >= 0.6 is 0 Å². The minimum absolute atomic E-state index is 0. The first kappa shape index (κ1) is 36.1. The Bertz CT molecular complexity index is 1190. The molecule has 0 saturated heterocycles. The molecule has 2 rings (SSSR count). The van der Waals surface area contributed by atoms with Gasteiger partial charge in [0, 0.05) is 44.4 Å². The average molecular weight is 577 g/mol. The second-order valence-corrected chi connectivity index (χ2v) is 7.91. The van der Waals surface area contributed by atoms with Crippen molar-refractivity contribution in [3.63, 3.8) is 0 Å². The Morgan fingerprint density at radius 2 is 1.24 bits per heavy atom. The average Bonchev–Trinajstić information content (AvgIpc) is 2.93. The van der Waals surface area contributed by atoms with Crippen LogP contribution in [0.5, 0.6) is 0 Å². The van der Waals surface area contributed by atoms with Crippen LogP contribution in [0.3, 0.4) is 0 Å². The quantitative estimate of drug-likeness (QED) is 0.101. The predicted octanol–water partition coefficient (Wildman–Crippen LogP) is 2.95. The number of hydrogen-bond acceptors (Lipinski definition) is 11. The van der Waals surface area contributed by atoms with Crippen LogP contribution in [0.1, 0.15) is 54.8 Å². The molecule has 0 spiro atoms. The number of anilines is 3. The molecule has 226 valence electrons. The van der Waals surface area contributed by atoms with E-state index < -0.39 is 16.8 Å². The largest absolute Gasteiger partial charge is 0.466 e. The Morgan fingerprint density at radius 1 is 0.805 bits per heavy atom. The zero-order valence-corrected chi connectivity index (χ0v) is 23.0. The molecule has 2 aromatic rings. The van der Waals surface area contributed by atoms with Gasteiger partial charge in [0.15, 0.2) is 0 Å². The van der Waals surface area contributed by atoms with E-state index in [9.17, 15) is 29.3 Å². The van der Waals surface area contributed by atoms with E-state index in [1.165, 1.54) is 18.2 Å². The Labute approximate surface area is 239 Å². The SMILES string of the molecule is C.CCOC(=O)CCNC(=O)c1ccc(NC)c(N)c1.CCOC(=O)CCNC(=O)c1ccc(NC)c([N+](=O)[O-])c1. The number of hydrogen-bond donors (Lipinski definition) is 5. The van der Waals surface area contributed by atoms with Gasteiger partial charge in [0.1, 0.15) is 5.69 Å². The molecule has 0 atom stereocenters. The highest BCUT2D eigenvalue weighted by Crippen LogP contribution is 2.25. The fourth-order valence-corrected chi connectivity index (χ4v) is 3.19. The summed E-state index contributed by atoms with van der Waals surface area (Å²) in [5, 5.41) is 21.6. The van der Waals surface area contributed by atoms with Crippen LogP contribution in [0.25, 0.3) is 0 Å². The van der Waals surface area contributed by atoms with E-state index in [0.717, 1.165) is 5.69 Å². The van der Waals surface area contributed by atoms with E-state index in [0.29, 0.717) is 23.5 Å². The minimum Gasteiger partial charge on any atom is -0.466 e. The molecule has 2 amide bonds. The van der Waals surface area contributed by atoms with E-state index in [1.54, 1.807) is 46.1 Å². The van der Waals surface area contributed by atoms with Gasteiger partial charge in [-0.05, 0) is 44.2 Å². The number of carbonyl (C=O) groups excluding carboxylic acids is 4. The Morgan fingerprint density at radius 3 is 1.63 bits per heavy atom. The molecule has 0 heterocycles. The summed E-state index contributed by atoms with van der Waals surface area (Å²) in [7, 11) is 3.31. The van der Waals surface area contributed by atoms with Gasteiger partial charge < -0.3 is 36.5 Å². The highest BCUT2D eigenvalue weighted by Gasteiger charge is 2.17. The zero-order chi connectivity index (χ0) is 30.1. The van der Waals surface area contributed by atoms with E-state index in [2.05, 4.69) is 21.3 Å². The van der Waals surface area contributed by atoms with Gasteiger partial charge in [-0.15, -0.1) is 0 Å². The van der Waals surface area contributed by atoms with Crippen LogP contribution in [0.15, 0.2) is 36.4 Å². The van der Waals surface area contributed by atoms with Gasteiger partial charge in [-0.2, -0.15) is 0 Å². The van der Waals surface area contributed by atoms with Crippen molar-refractivity contribution in [1.29, 1.82) is 0 Å². The van der Waals surface area contributed by atoms with E-state index in [1.807, 2.05) is 0 Å².